The Labute approximate surface area is 99.4 Å². The van der Waals surface area contributed by atoms with E-state index < -0.39 is 12.1 Å². The van der Waals surface area contributed by atoms with Crippen molar-refractivity contribution in [2.24, 2.45) is 0 Å². The molecule has 1 heterocycles. The van der Waals surface area contributed by atoms with Gasteiger partial charge in [-0.3, -0.25) is 0 Å². The summed E-state index contributed by atoms with van der Waals surface area (Å²) in [5, 5.41) is 19.8. The summed E-state index contributed by atoms with van der Waals surface area (Å²) in [6.07, 6.45) is -1.67. The van der Waals surface area contributed by atoms with Crippen molar-refractivity contribution >= 4 is 12.0 Å². The molecule has 0 saturated carbocycles. The molecule has 0 bridgehead atoms. The van der Waals surface area contributed by atoms with E-state index in [1.54, 1.807) is 4.90 Å². The molecule has 2 amide bonds. The molecule has 0 aliphatic carbocycles. The maximum Gasteiger partial charge on any atom is 0.334 e. The molecule has 0 aromatic heterocycles. The second kappa shape index (κ2) is 5.83. The van der Waals surface area contributed by atoms with Gasteiger partial charge in [0.05, 0.1) is 18.8 Å². The standard InChI is InChI=1S/C10H18N2O5/c1-6-4-12(5-7(2)17-6)10(16)11-3-8(13)9(14)15/h6-8,13H,3-5H2,1-2H3,(H,11,16)(H,14,15)/t6-,7+,8-/m0/s1. The lowest BCUT2D eigenvalue weighted by Crippen LogP contribution is -2.53. The Morgan fingerprint density at radius 3 is 2.41 bits per heavy atom. The first-order chi connectivity index (χ1) is 7.90. The van der Waals surface area contributed by atoms with E-state index in [4.69, 9.17) is 14.9 Å². The predicted octanol–water partition coefficient (Wildman–Crippen LogP) is -0.749. The number of hydrogen-bond acceptors (Lipinski definition) is 4. The zero-order valence-corrected chi connectivity index (χ0v) is 9.92. The highest BCUT2D eigenvalue weighted by atomic mass is 16.5. The van der Waals surface area contributed by atoms with Crippen molar-refractivity contribution in [1.82, 2.24) is 10.2 Å². The van der Waals surface area contributed by atoms with Crippen LogP contribution in [-0.4, -0.2) is 65.1 Å². The van der Waals surface area contributed by atoms with Gasteiger partial charge in [0.15, 0.2) is 6.10 Å². The van der Waals surface area contributed by atoms with Crippen LogP contribution < -0.4 is 5.32 Å². The van der Waals surface area contributed by atoms with Crippen molar-refractivity contribution in [2.75, 3.05) is 19.6 Å². The minimum absolute atomic E-state index is 0.0473. The summed E-state index contributed by atoms with van der Waals surface area (Å²) in [5.41, 5.74) is 0. The molecule has 98 valence electrons. The molecule has 0 unspecified atom stereocenters. The van der Waals surface area contributed by atoms with Gasteiger partial charge in [0.1, 0.15) is 0 Å². The normalized spacial score (nSPS) is 26.4. The molecule has 0 aromatic rings. The van der Waals surface area contributed by atoms with Crippen molar-refractivity contribution in [1.29, 1.82) is 0 Å². The van der Waals surface area contributed by atoms with E-state index in [0.29, 0.717) is 13.1 Å². The van der Waals surface area contributed by atoms with Crippen LogP contribution >= 0.6 is 0 Å². The Bertz CT molecular complexity index is 286. The van der Waals surface area contributed by atoms with Crippen molar-refractivity contribution in [3.63, 3.8) is 0 Å². The minimum Gasteiger partial charge on any atom is -0.479 e. The van der Waals surface area contributed by atoms with Gasteiger partial charge < -0.3 is 25.2 Å². The molecule has 1 aliphatic rings. The lowest BCUT2D eigenvalue weighted by molar-refractivity contribution is -0.146. The topological polar surface area (TPSA) is 99.1 Å². The molecular weight excluding hydrogens is 228 g/mol. The van der Waals surface area contributed by atoms with Crippen molar-refractivity contribution in [3.8, 4) is 0 Å². The number of nitrogens with zero attached hydrogens (tertiary/aromatic N) is 1. The van der Waals surface area contributed by atoms with Crippen LogP contribution in [0, 0.1) is 0 Å². The van der Waals surface area contributed by atoms with Crippen LogP contribution in [-0.2, 0) is 9.53 Å². The molecule has 0 radical (unpaired) electrons. The highest BCUT2D eigenvalue weighted by molar-refractivity contribution is 5.76. The lowest BCUT2D eigenvalue weighted by atomic mass is 10.2. The number of nitrogens with one attached hydrogen (secondary N) is 1. The Morgan fingerprint density at radius 2 is 1.94 bits per heavy atom. The maximum absolute atomic E-state index is 11.7. The molecule has 3 N–H and O–H groups in total. The number of hydrogen-bond donors (Lipinski definition) is 3. The summed E-state index contributed by atoms with van der Waals surface area (Å²) in [6, 6.07) is -0.382. The molecule has 0 spiro atoms. The molecule has 1 aliphatic heterocycles. The van der Waals surface area contributed by atoms with E-state index in [-0.39, 0.29) is 24.8 Å². The first-order valence-corrected chi connectivity index (χ1v) is 5.49. The number of amides is 2. The van der Waals surface area contributed by atoms with Crippen LogP contribution in [0.2, 0.25) is 0 Å². The van der Waals surface area contributed by atoms with Crippen molar-refractivity contribution in [3.05, 3.63) is 0 Å². The second-order valence-corrected chi connectivity index (χ2v) is 4.20. The number of carbonyl (C=O) groups excluding carboxylic acids is 1. The van der Waals surface area contributed by atoms with Crippen LogP contribution in [0.15, 0.2) is 0 Å². The van der Waals surface area contributed by atoms with Gasteiger partial charge in [-0.1, -0.05) is 0 Å². The molecular formula is C10H18N2O5. The van der Waals surface area contributed by atoms with Gasteiger partial charge in [-0.05, 0) is 13.8 Å². The van der Waals surface area contributed by atoms with E-state index >= 15 is 0 Å². The molecule has 1 saturated heterocycles. The third-order valence-electron chi connectivity index (χ3n) is 2.44. The van der Waals surface area contributed by atoms with Crippen molar-refractivity contribution < 1.29 is 24.5 Å². The smallest absolute Gasteiger partial charge is 0.334 e. The Kier molecular flexibility index (Phi) is 4.71. The van der Waals surface area contributed by atoms with E-state index in [0.717, 1.165) is 0 Å². The fourth-order valence-electron chi connectivity index (χ4n) is 1.73. The molecule has 3 atom stereocenters. The van der Waals surface area contributed by atoms with Crippen LogP contribution in [0.5, 0.6) is 0 Å². The number of aliphatic hydroxyl groups is 1. The minimum atomic E-state index is -1.57. The SMILES string of the molecule is C[C@@H]1CN(C(=O)NC[C@H](O)C(=O)O)C[C@H](C)O1. The first-order valence-electron chi connectivity index (χ1n) is 5.49. The number of morpholine rings is 1. The third-order valence-corrected chi connectivity index (χ3v) is 2.44. The Balaban J connectivity index is 2.39. The largest absolute Gasteiger partial charge is 0.479 e. The van der Waals surface area contributed by atoms with Gasteiger partial charge in [-0.15, -0.1) is 0 Å². The molecule has 1 rings (SSSR count). The summed E-state index contributed by atoms with van der Waals surface area (Å²) in [4.78, 5) is 23.6. The van der Waals surface area contributed by atoms with E-state index in [2.05, 4.69) is 5.32 Å². The zero-order valence-electron chi connectivity index (χ0n) is 9.92. The lowest BCUT2D eigenvalue weighted by Gasteiger charge is -2.35. The van der Waals surface area contributed by atoms with Crippen LogP contribution in [0.25, 0.3) is 0 Å². The monoisotopic (exact) mass is 246 g/mol. The van der Waals surface area contributed by atoms with Gasteiger partial charge in [0.25, 0.3) is 0 Å². The van der Waals surface area contributed by atoms with Crippen molar-refractivity contribution in [2.45, 2.75) is 32.2 Å². The van der Waals surface area contributed by atoms with Gasteiger partial charge in [-0.25, -0.2) is 9.59 Å². The average Bonchev–Trinajstić information content (AvgIpc) is 2.23. The molecule has 1 fully saturated rings. The third kappa shape index (κ3) is 4.20. The number of aliphatic hydroxyl groups excluding tert-OH is 1. The summed E-state index contributed by atoms with van der Waals surface area (Å²) in [6.45, 7) is 4.34. The highest BCUT2D eigenvalue weighted by Crippen LogP contribution is 2.10. The number of aliphatic carboxylic acids is 1. The van der Waals surface area contributed by atoms with Crippen LogP contribution in [0.3, 0.4) is 0 Å². The van der Waals surface area contributed by atoms with Gasteiger partial charge in [-0.2, -0.15) is 0 Å². The van der Waals surface area contributed by atoms with Crippen LogP contribution in [0.1, 0.15) is 13.8 Å². The number of urea groups is 1. The maximum atomic E-state index is 11.7. The van der Waals surface area contributed by atoms with E-state index in [1.807, 2.05) is 13.8 Å². The molecule has 17 heavy (non-hydrogen) atoms. The fraction of sp³-hybridized carbons (Fsp3) is 0.800. The molecule has 7 nitrogen and oxygen atoms in total. The Hall–Kier alpha value is -1.34. The van der Waals surface area contributed by atoms with Gasteiger partial charge in [0.2, 0.25) is 0 Å². The molecule has 0 aromatic carbocycles. The summed E-state index contributed by atoms with van der Waals surface area (Å²) in [7, 11) is 0. The summed E-state index contributed by atoms with van der Waals surface area (Å²) >= 11 is 0. The zero-order chi connectivity index (χ0) is 13.0. The highest BCUT2D eigenvalue weighted by Gasteiger charge is 2.26. The first kappa shape index (κ1) is 13.7. The van der Waals surface area contributed by atoms with E-state index in [1.165, 1.54) is 0 Å². The quantitative estimate of drug-likeness (QED) is 0.608. The number of ether oxygens (including phenoxy) is 1. The predicted molar refractivity (Wildman–Crippen MR) is 58.6 cm³/mol. The number of carboxylic acid groups (broad SMARTS) is 1. The van der Waals surface area contributed by atoms with Gasteiger partial charge >= 0.3 is 12.0 Å². The fourth-order valence-corrected chi connectivity index (χ4v) is 1.73. The van der Waals surface area contributed by atoms with Gasteiger partial charge in [0, 0.05) is 13.1 Å². The number of carbonyl (C=O) groups is 2. The Morgan fingerprint density at radius 1 is 1.41 bits per heavy atom. The summed E-state index contributed by atoms with van der Waals surface area (Å²) in [5.74, 6) is -1.35. The number of rotatable bonds is 3. The average molecular weight is 246 g/mol. The van der Waals surface area contributed by atoms with Crippen LogP contribution in [0.4, 0.5) is 4.79 Å². The second-order valence-electron chi connectivity index (χ2n) is 4.20. The molecule has 7 heteroatoms. The number of carboxylic acids is 1. The summed E-state index contributed by atoms with van der Waals surface area (Å²) < 4.78 is 5.47. The van der Waals surface area contributed by atoms with E-state index in [9.17, 15) is 9.59 Å².